The van der Waals surface area contributed by atoms with Gasteiger partial charge in [-0.1, -0.05) is 18.2 Å². The van der Waals surface area contributed by atoms with Gasteiger partial charge in [0.25, 0.3) is 0 Å². The minimum atomic E-state index is -0.707. The third-order valence-electron chi connectivity index (χ3n) is 4.30. The monoisotopic (exact) mass is 376 g/mol. The molecule has 4 rings (SSSR count). The van der Waals surface area contributed by atoms with Gasteiger partial charge in [0.15, 0.2) is 0 Å². The minimum Gasteiger partial charge on any atom is -0.364 e. The number of nitrogens with one attached hydrogen (secondary N) is 1. The van der Waals surface area contributed by atoms with E-state index in [9.17, 15) is 14.9 Å². The summed E-state index contributed by atoms with van der Waals surface area (Å²) in [6.45, 7) is 0.400. The quantitative estimate of drug-likeness (QED) is 0.409. The summed E-state index contributed by atoms with van der Waals surface area (Å²) < 4.78 is 2.93. The van der Waals surface area contributed by atoms with E-state index in [-0.39, 0.29) is 5.82 Å². The molecule has 0 aliphatic heterocycles. The van der Waals surface area contributed by atoms with Gasteiger partial charge in [0.05, 0.1) is 10.6 Å². The second-order valence-corrected chi connectivity index (χ2v) is 6.09. The number of hydrogen-bond donors (Lipinski definition) is 1. The number of rotatable bonds is 6. The van der Waals surface area contributed by atoms with Gasteiger partial charge in [-0.2, -0.15) is 5.10 Å². The van der Waals surface area contributed by atoms with Crippen molar-refractivity contribution in [1.29, 1.82) is 0 Å². The van der Waals surface area contributed by atoms with Crippen LogP contribution in [0.4, 0.5) is 11.5 Å². The zero-order chi connectivity index (χ0) is 19.5. The van der Waals surface area contributed by atoms with E-state index in [1.54, 1.807) is 29.1 Å². The highest BCUT2D eigenvalue weighted by Crippen LogP contribution is 2.18. The Morgan fingerprint density at radius 1 is 1.07 bits per heavy atom. The number of hydrogen-bond acceptors (Lipinski definition) is 6. The van der Waals surface area contributed by atoms with Gasteiger partial charge in [0, 0.05) is 25.1 Å². The van der Waals surface area contributed by atoms with Crippen LogP contribution in [0.3, 0.4) is 0 Å². The van der Waals surface area contributed by atoms with E-state index >= 15 is 0 Å². The van der Waals surface area contributed by atoms with Crippen LogP contribution in [0.2, 0.25) is 0 Å². The lowest BCUT2D eigenvalue weighted by molar-refractivity contribution is -0.385. The Morgan fingerprint density at radius 2 is 1.89 bits per heavy atom. The largest absolute Gasteiger partial charge is 0.376 e. The van der Waals surface area contributed by atoms with E-state index in [4.69, 9.17) is 0 Å². The maximum Gasteiger partial charge on any atom is 0.376 e. The predicted molar refractivity (Wildman–Crippen MR) is 104 cm³/mol. The molecule has 28 heavy (non-hydrogen) atoms. The van der Waals surface area contributed by atoms with Crippen LogP contribution in [0.1, 0.15) is 5.56 Å². The lowest BCUT2D eigenvalue weighted by atomic mass is 10.1. The molecule has 0 atom stereocenters. The Kier molecular flexibility index (Phi) is 4.55. The highest BCUT2D eigenvalue weighted by Gasteiger charge is 2.23. The molecule has 0 fully saturated rings. The fraction of sp³-hybridized carbons (Fsp3) is 0.105. The van der Waals surface area contributed by atoms with E-state index in [0.717, 1.165) is 15.7 Å². The van der Waals surface area contributed by atoms with Crippen LogP contribution < -0.4 is 10.9 Å². The van der Waals surface area contributed by atoms with Crippen LogP contribution in [0.25, 0.3) is 11.3 Å². The number of aromatic nitrogens is 4. The maximum absolute atomic E-state index is 12.4. The van der Waals surface area contributed by atoms with Gasteiger partial charge in [-0.15, -0.1) is 0 Å². The van der Waals surface area contributed by atoms with Crippen LogP contribution in [0, 0.1) is 10.1 Å². The zero-order valence-corrected chi connectivity index (χ0v) is 14.7. The van der Waals surface area contributed by atoms with Gasteiger partial charge in [0.1, 0.15) is 5.65 Å². The molecule has 0 saturated carbocycles. The van der Waals surface area contributed by atoms with Crippen LogP contribution in [-0.2, 0) is 6.42 Å². The predicted octanol–water partition coefficient (Wildman–Crippen LogP) is 2.44. The summed E-state index contributed by atoms with van der Waals surface area (Å²) in [5.41, 5.74) is 1.08. The Labute approximate surface area is 159 Å². The van der Waals surface area contributed by atoms with E-state index in [0.29, 0.717) is 18.6 Å². The van der Waals surface area contributed by atoms with Gasteiger partial charge in [-0.05, 0) is 42.3 Å². The molecule has 0 amide bonds. The second kappa shape index (κ2) is 7.31. The molecular formula is C19H16N6O3. The molecule has 1 N–H and O–H groups in total. The number of nitro groups is 1. The molecule has 0 spiro atoms. The van der Waals surface area contributed by atoms with E-state index < -0.39 is 16.2 Å². The number of nitrogens with zero attached hydrogens (tertiary/aromatic N) is 5. The molecule has 3 heterocycles. The first kappa shape index (κ1) is 17.4. The van der Waals surface area contributed by atoms with E-state index in [1.807, 2.05) is 36.5 Å². The van der Waals surface area contributed by atoms with Gasteiger partial charge in [-0.25, -0.2) is 9.67 Å². The first-order valence-corrected chi connectivity index (χ1v) is 8.62. The molecule has 140 valence electrons. The number of pyridine rings is 1. The Hall–Kier alpha value is -4.01. The van der Waals surface area contributed by atoms with Crippen molar-refractivity contribution >= 4 is 17.2 Å². The van der Waals surface area contributed by atoms with Crippen molar-refractivity contribution in [1.82, 2.24) is 19.2 Å². The fourth-order valence-corrected chi connectivity index (χ4v) is 2.93. The number of fused-ring (bicyclic) bond motifs is 1. The molecule has 1 aromatic carbocycles. The smallest absolute Gasteiger partial charge is 0.364 e. The Morgan fingerprint density at radius 3 is 2.61 bits per heavy atom. The Bertz CT molecular complexity index is 1180. The van der Waals surface area contributed by atoms with E-state index in [2.05, 4.69) is 15.4 Å². The van der Waals surface area contributed by atoms with Gasteiger partial charge in [0.2, 0.25) is 5.82 Å². The van der Waals surface area contributed by atoms with Crippen LogP contribution in [0.15, 0.2) is 71.9 Å². The third kappa shape index (κ3) is 3.32. The van der Waals surface area contributed by atoms with Crippen molar-refractivity contribution in [3.05, 3.63) is 93.2 Å². The van der Waals surface area contributed by atoms with Crippen molar-refractivity contribution in [3.63, 3.8) is 0 Å². The second-order valence-electron chi connectivity index (χ2n) is 6.09. The highest BCUT2D eigenvalue weighted by molar-refractivity contribution is 5.59. The van der Waals surface area contributed by atoms with Crippen molar-refractivity contribution in [3.8, 4) is 5.69 Å². The van der Waals surface area contributed by atoms with Gasteiger partial charge >= 0.3 is 11.2 Å². The number of anilines is 1. The average molecular weight is 376 g/mol. The van der Waals surface area contributed by atoms with Crippen molar-refractivity contribution in [2.24, 2.45) is 0 Å². The zero-order valence-electron chi connectivity index (χ0n) is 14.7. The first-order chi connectivity index (χ1) is 13.6. The molecule has 0 radical (unpaired) electrons. The Balaban J connectivity index is 1.52. The average Bonchev–Trinajstić information content (AvgIpc) is 3.23. The molecule has 9 heteroatoms. The molecule has 4 aromatic rings. The molecule has 0 aliphatic carbocycles. The van der Waals surface area contributed by atoms with Crippen LogP contribution in [0.5, 0.6) is 0 Å². The normalized spacial score (nSPS) is 10.9. The molecule has 0 bridgehead atoms. The highest BCUT2D eigenvalue weighted by atomic mass is 16.6. The standard InChI is InChI=1S/C19H16N6O3/c26-19-17(25(27)28)18(22-16-4-1-2-12-23(16)19)20-11-9-14-5-7-15(8-6-14)24-13-3-10-21-24/h1-8,10,12-13,20H,9,11H2. The first-order valence-electron chi connectivity index (χ1n) is 8.62. The summed E-state index contributed by atoms with van der Waals surface area (Å²) in [6, 6.07) is 14.7. The fourth-order valence-electron chi connectivity index (χ4n) is 2.93. The minimum absolute atomic E-state index is 0.0191. The summed E-state index contributed by atoms with van der Waals surface area (Å²) >= 11 is 0. The molecule has 3 aromatic heterocycles. The topological polar surface area (TPSA) is 107 Å². The lowest BCUT2D eigenvalue weighted by Crippen LogP contribution is -2.21. The van der Waals surface area contributed by atoms with Crippen molar-refractivity contribution in [2.45, 2.75) is 6.42 Å². The van der Waals surface area contributed by atoms with Gasteiger partial charge < -0.3 is 5.32 Å². The SMILES string of the molecule is O=c1c([N+](=O)[O-])c(NCCc2ccc(-n3cccn3)cc2)nc2ccccn12. The van der Waals surface area contributed by atoms with Gasteiger partial charge in [-0.3, -0.25) is 19.3 Å². The number of benzene rings is 1. The van der Waals surface area contributed by atoms with Crippen molar-refractivity contribution in [2.75, 3.05) is 11.9 Å². The summed E-state index contributed by atoms with van der Waals surface area (Å²) in [7, 11) is 0. The molecule has 0 aliphatic rings. The van der Waals surface area contributed by atoms with E-state index in [1.165, 1.54) is 6.20 Å². The lowest BCUT2D eigenvalue weighted by Gasteiger charge is -2.08. The molecule has 9 nitrogen and oxygen atoms in total. The third-order valence-corrected chi connectivity index (χ3v) is 4.30. The summed E-state index contributed by atoms with van der Waals surface area (Å²) in [5, 5.41) is 18.5. The maximum atomic E-state index is 12.4. The summed E-state index contributed by atoms with van der Waals surface area (Å²) in [5.74, 6) is -0.0191. The van der Waals surface area contributed by atoms with Crippen LogP contribution in [-0.4, -0.2) is 30.6 Å². The molecule has 0 unspecified atom stereocenters. The molecular weight excluding hydrogens is 360 g/mol. The summed E-state index contributed by atoms with van der Waals surface area (Å²) in [4.78, 5) is 27.3. The molecule has 0 saturated heterocycles. The summed E-state index contributed by atoms with van der Waals surface area (Å²) in [6.07, 6.45) is 5.65. The van der Waals surface area contributed by atoms with Crippen LogP contribution >= 0.6 is 0 Å². The van der Waals surface area contributed by atoms with Crippen molar-refractivity contribution < 1.29 is 4.92 Å².